The molecule has 0 unspecified atom stereocenters. The number of nitrogens with one attached hydrogen (secondary N) is 1. The molecule has 1 aromatic heterocycles. The van der Waals surface area contributed by atoms with Gasteiger partial charge in [0.2, 0.25) is 5.91 Å². The lowest BCUT2D eigenvalue weighted by atomic mass is 10.1. The molecule has 0 aliphatic carbocycles. The molecular weight excluding hydrogens is 452 g/mol. The number of hydrogen-bond donors (Lipinski definition) is 1. The highest BCUT2D eigenvalue weighted by Gasteiger charge is 2.22. The van der Waals surface area contributed by atoms with Crippen LogP contribution >= 0.6 is 11.3 Å². The average Bonchev–Trinajstić information content (AvgIpc) is 3.32. The van der Waals surface area contributed by atoms with Gasteiger partial charge in [0.05, 0.1) is 38.8 Å². The minimum atomic E-state index is -0.0641. The summed E-state index contributed by atoms with van der Waals surface area (Å²) in [5, 5.41) is 5.42. The number of thiazole rings is 1. The zero-order valence-electron chi connectivity index (χ0n) is 19.7. The first-order chi connectivity index (χ1) is 16.6. The molecule has 0 saturated carbocycles. The van der Waals surface area contributed by atoms with Gasteiger partial charge in [0, 0.05) is 43.2 Å². The number of aromatic nitrogens is 1. The van der Waals surface area contributed by atoms with Crippen LogP contribution in [0.4, 0.5) is 10.8 Å². The molecule has 0 atom stereocenters. The molecule has 1 N–H and O–H groups in total. The number of ether oxygens (including phenoxy) is 3. The number of carbonyl (C=O) groups excluding carboxylic acids is 1. The van der Waals surface area contributed by atoms with E-state index in [-0.39, 0.29) is 5.91 Å². The number of amides is 1. The molecule has 34 heavy (non-hydrogen) atoms. The van der Waals surface area contributed by atoms with Crippen LogP contribution in [-0.4, -0.2) is 69.3 Å². The molecule has 1 aliphatic rings. The molecule has 180 valence electrons. The summed E-state index contributed by atoms with van der Waals surface area (Å²) >= 11 is 1.40. The van der Waals surface area contributed by atoms with E-state index in [0.29, 0.717) is 29.8 Å². The fourth-order valence-corrected chi connectivity index (χ4v) is 4.70. The van der Waals surface area contributed by atoms with Crippen molar-refractivity contribution in [1.82, 2.24) is 9.88 Å². The second kappa shape index (κ2) is 11.2. The van der Waals surface area contributed by atoms with E-state index in [0.717, 1.165) is 48.9 Å². The topological polar surface area (TPSA) is 76.2 Å². The van der Waals surface area contributed by atoms with Crippen molar-refractivity contribution < 1.29 is 19.0 Å². The van der Waals surface area contributed by atoms with Crippen molar-refractivity contribution in [3.63, 3.8) is 0 Å². The highest BCUT2D eigenvalue weighted by atomic mass is 32.1. The van der Waals surface area contributed by atoms with Crippen molar-refractivity contribution in [2.75, 3.05) is 63.8 Å². The van der Waals surface area contributed by atoms with Crippen molar-refractivity contribution >= 4 is 28.1 Å². The first kappa shape index (κ1) is 23.8. The van der Waals surface area contributed by atoms with E-state index in [1.165, 1.54) is 11.3 Å². The maximum Gasteiger partial charge on any atom is 0.240 e. The monoisotopic (exact) mass is 482 g/mol. The second-order valence-electron chi connectivity index (χ2n) is 7.82. The van der Waals surface area contributed by atoms with Gasteiger partial charge >= 0.3 is 0 Å². The number of nitrogens with zero attached hydrogens (tertiary/aromatic N) is 3. The number of para-hydroxylation sites is 2. The molecule has 1 saturated heterocycles. The largest absolute Gasteiger partial charge is 0.497 e. The molecule has 0 bridgehead atoms. The molecule has 1 aliphatic heterocycles. The Balaban J connectivity index is 1.31. The molecule has 3 aromatic rings. The third-order valence-electron chi connectivity index (χ3n) is 5.68. The fraction of sp³-hybridized carbons (Fsp3) is 0.360. The van der Waals surface area contributed by atoms with Gasteiger partial charge in [-0.15, -0.1) is 11.3 Å². The minimum Gasteiger partial charge on any atom is -0.497 e. The minimum absolute atomic E-state index is 0.0641. The summed E-state index contributed by atoms with van der Waals surface area (Å²) in [5.74, 6) is 2.23. The molecule has 2 aromatic carbocycles. The Kier molecular flexibility index (Phi) is 7.87. The number of piperazine rings is 1. The van der Waals surface area contributed by atoms with Gasteiger partial charge in [-0.3, -0.25) is 9.69 Å². The predicted molar refractivity (Wildman–Crippen MR) is 136 cm³/mol. The van der Waals surface area contributed by atoms with Crippen LogP contribution in [0.2, 0.25) is 0 Å². The van der Waals surface area contributed by atoms with E-state index in [2.05, 4.69) is 26.2 Å². The number of anilines is 2. The average molecular weight is 483 g/mol. The molecule has 8 nitrogen and oxygen atoms in total. The summed E-state index contributed by atoms with van der Waals surface area (Å²) in [5.41, 5.74) is 2.71. The highest BCUT2D eigenvalue weighted by Crippen LogP contribution is 2.35. The lowest BCUT2D eigenvalue weighted by Gasteiger charge is -2.36. The number of carbonyl (C=O) groups is 1. The number of benzene rings is 2. The summed E-state index contributed by atoms with van der Waals surface area (Å²) < 4.78 is 16.5. The summed E-state index contributed by atoms with van der Waals surface area (Å²) in [4.78, 5) is 21.7. The summed E-state index contributed by atoms with van der Waals surface area (Å²) in [6.07, 6.45) is 0. The molecule has 4 rings (SSSR count). The Hall–Kier alpha value is -3.30. The molecule has 1 fully saturated rings. The zero-order valence-corrected chi connectivity index (χ0v) is 20.6. The third-order valence-corrected chi connectivity index (χ3v) is 6.44. The molecule has 0 spiro atoms. The highest BCUT2D eigenvalue weighted by molar-refractivity contribution is 7.14. The molecule has 1 amide bonds. The number of hydrogen-bond acceptors (Lipinski definition) is 8. The van der Waals surface area contributed by atoms with Crippen molar-refractivity contribution in [3.05, 3.63) is 47.8 Å². The van der Waals surface area contributed by atoms with E-state index >= 15 is 0 Å². The summed E-state index contributed by atoms with van der Waals surface area (Å²) in [7, 11) is 3.23. The molecule has 2 heterocycles. The molecule has 9 heteroatoms. The van der Waals surface area contributed by atoms with Gasteiger partial charge in [0.1, 0.15) is 17.2 Å². The van der Waals surface area contributed by atoms with Crippen LogP contribution in [0.25, 0.3) is 11.3 Å². The SMILES string of the molecule is CCOc1ccccc1N1CCN(CC(=O)Nc2nc(-c3ccc(OC)cc3OC)cs2)CC1. The normalized spacial score (nSPS) is 14.0. The molecule has 0 radical (unpaired) electrons. The van der Waals surface area contributed by atoms with E-state index in [4.69, 9.17) is 14.2 Å². The van der Waals surface area contributed by atoms with Crippen molar-refractivity contribution in [2.24, 2.45) is 0 Å². The Bertz CT molecular complexity index is 1110. The number of methoxy groups -OCH3 is 2. The van der Waals surface area contributed by atoms with Gasteiger partial charge in [0.25, 0.3) is 0 Å². The maximum atomic E-state index is 12.7. The van der Waals surface area contributed by atoms with Crippen molar-refractivity contribution in [2.45, 2.75) is 6.92 Å². The predicted octanol–water partition coefficient (Wildman–Crippen LogP) is 3.99. The lowest BCUT2D eigenvalue weighted by Crippen LogP contribution is -2.48. The Morgan fingerprint density at radius 1 is 1.06 bits per heavy atom. The van der Waals surface area contributed by atoms with Gasteiger partial charge in [0.15, 0.2) is 5.13 Å². The van der Waals surface area contributed by atoms with E-state index in [1.54, 1.807) is 14.2 Å². The van der Waals surface area contributed by atoms with E-state index in [9.17, 15) is 4.79 Å². The van der Waals surface area contributed by atoms with Crippen LogP contribution < -0.4 is 24.4 Å². The van der Waals surface area contributed by atoms with Crippen LogP contribution in [0, 0.1) is 0 Å². The van der Waals surface area contributed by atoms with Crippen LogP contribution in [0.1, 0.15) is 6.92 Å². The van der Waals surface area contributed by atoms with Crippen LogP contribution in [0.5, 0.6) is 17.2 Å². The van der Waals surface area contributed by atoms with Crippen LogP contribution in [0.3, 0.4) is 0 Å². The quantitative estimate of drug-likeness (QED) is 0.494. The van der Waals surface area contributed by atoms with Gasteiger partial charge in [-0.25, -0.2) is 4.98 Å². The first-order valence-corrected chi connectivity index (χ1v) is 12.2. The smallest absolute Gasteiger partial charge is 0.240 e. The van der Waals surface area contributed by atoms with Crippen LogP contribution in [-0.2, 0) is 4.79 Å². The zero-order chi connectivity index (χ0) is 23.9. The number of rotatable bonds is 9. The Morgan fingerprint density at radius 2 is 1.85 bits per heavy atom. The maximum absolute atomic E-state index is 12.7. The van der Waals surface area contributed by atoms with Gasteiger partial charge in [-0.1, -0.05) is 12.1 Å². The second-order valence-corrected chi connectivity index (χ2v) is 8.67. The first-order valence-electron chi connectivity index (χ1n) is 11.3. The van der Waals surface area contributed by atoms with E-state index in [1.807, 2.05) is 48.7 Å². The molecular formula is C25H30N4O4S. The fourth-order valence-electron chi connectivity index (χ4n) is 3.97. The summed E-state index contributed by atoms with van der Waals surface area (Å²) in [6, 6.07) is 13.7. The lowest BCUT2D eigenvalue weighted by molar-refractivity contribution is -0.117. The Morgan fingerprint density at radius 3 is 2.59 bits per heavy atom. The summed E-state index contributed by atoms with van der Waals surface area (Å²) in [6.45, 7) is 6.26. The van der Waals surface area contributed by atoms with Gasteiger partial charge < -0.3 is 24.4 Å². The van der Waals surface area contributed by atoms with Crippen molar-refractivity contribution in [1.29, 1.82) is 0 Å². The Labute approximate surface area is 204 Å². The van der Waals surface area contributed by atoms with Crippen LogP contribution in [0.15, 0.2) is 47.8 Å². The standard InChI is InChI=1S/C25H30N4O4S/c1-4-33-22-8-6-5-7-21(22)29-13-11-28(12-14-29)16-24(30)27-25-26-20(17-34-25)19-10-9-18(31-2)15-23(19)32-3/h5-10,15,17H,4,11-14,16H2,1-3H3,(H,26,27,30). The van der Waals surface area contributed by atoms with Gasteiger partial charge in [-0.05, 0) is 31.2 Å². The van der Waals surface area contributed by atoms with Gasteiger partial charge in [-0.2, -0.15) is 0 Å². The van der Waals surface area contributed by atoms with E-state index < -0.39 is 0 Å². The van der Waals surface area contributed by atoms with Crippen molar-refractivity contribution in [3.8, 4) is 28.5 Å². The third kappa shape index (κ3) is 5.60.